The van der Waals surface area contributed by atoms with Gasteiger partial charge in [-0.3, -0.25) is 9.52 Å². The Morgan fingerprint density at radius 1 is 1.20 bits per heavy atom. The summed E-state index contributed by atoms with van der Waals surface area (Å²) in [6, 6.07) is 11.1. The molecule has 0 fully saturated rings. The molecular weight excluding hydrogens is 490 g/mol. The first-order valence-corrected chi connectivity index (χ1v) is 12.2. The second-order valence-corrected chi connectivity index (χ2v) is 10.3. The van der Waals surface area contributed by atoms with Gasteiger partial charge in [0.15, 0.2) is 5.13 Å². The molecule has 0 saturated heterocycles. The van der Waals surface area contributed by atoms with Crippen molar-refractivity contribution in [2.75, 3.05) is 16.6 Å². The van der Waals surface area contributed by atoms with Gasteiger partial charge in [-0.05, 0) is 48.4 Å². The van der Waals surface area contributed by atoms with Gasteiger partial charge in [0, 0.05) is 21.7 Å². The van der Waals surface area contributed by atoms with Gasteiger partial charge in [-0.1, -0.05) is 29.8 Å². The first kappa shape index (κ1) is 22.3. The predicted molar refractivity (Wildman–Crippen MR) is 122 cm³/mol. The molecule has 0 aliphatic heterocycles. The summed E-state index contributed by atoms with van der Waals surface area (Å²) in [5.74, 6) is 0.444. The molecule has 30 heavy (non-hydrogen) atoms. The molecule has 0 aliphatic carbocycles. The predicted octanol–water partition coefficient (Wildman–Crippen LogP) is 4.99. The minimum atomic E-state index is -3.75. The lowest BCUT2D eigenvalue weighted by molar-refractivity contribution is 0.102. The van der Waals surface area contributed by atoms with Gasteiger partial charge in [0.1, 0.15) is 5.75 Å². The second kappa shape index (κ2) is 9.59. The Bertz CT molecular complexity index is 1120. The summed E-state index contributed by atoms with van der Waals surface area (Å²) in [5.41, 5.74) is 0.843. The van der Waals surface area contributed by atoms with Crippen LogP contribution in [-0.2, 0) is 10.0 Å². The number of anilines is 2. The first-order valence-electron chi connectivity index (χ1n) is 9.00. The van der Waals surface area contributed by atoms with E-state index in [-0.39, 0.29) is 15.9 Å². The van der Waals surface area contributed by atoms with Crippen LogP contribution in [0.25, 0.3) is 0 Å². The molecular formula is C20H20BrN3O4S2. The van der Waals surface area contributed by atoms with Crippen LogP contribution in [0.5, 0.6) is 5.75 Å². The van der Waals surface area contributed by atoms with Crippen LogP contribution in [-0.4, -0.2) is 25.9 Å². The normalized spacial score (nSPS) is 11.3. The standard InChI is InChI=1S/C20H20BrN3O4S2/c1-13(2)12-28-18-8-3-14(21)11-17(18)19(25)23-15-4-6-16(7-5-15)30(26,27)24-20-22-9-10-29-20/h3-11,13H,12H2,1-2H3,(H,22,24)(H,23,25). The Kier molecular flexibility index (Phi) is 7.11. The van der Waals surface area contributed by atoms with E-state index in [0.29, 0.717) is 29.5 Å². The number of ether oxygens (including phenoxy) is 1. The van der Waals surface area contributed by atoms with E-state index in [1.807, 2.05) is 19.9 Å². The van der Waals surface area contributed by atoms with E-state index in [2.05, 4.69) is 31.0 Å². The van der Waals surface area contributed by atoms with E-state index < -0.39 is 10.0 Å². The maximum Gasteiger partial charge on any atom is 0.263 e. The summed E-state index contributed by atoms with van der Waals surface area (Å²) in [5, 5.41) is 4.74. The fourth-order valence-corrected chi connectivity index (χ4v) is 4.58. The lowest BCUT2D eigenvalue weighted by atomic mass is 10.1. The van der Waals surface area contributed by atoms with Gasteiger partial charge >= 0.3 is 0 Å². The fourth-order valence-electron chi connectivity index (χ4n) is 2.43. The molecule has 10 heteroatoms. The number of hydrogen-bond donors (Lipinski definition) is 2. The maximum absolute atomic E-state index is 12.8. The van der Waals surface area contributed by atoms with Crippen molar-refractivity contribution >= 4 is 54.0 Å². The topological polar surface area (TPSA) is 97.4 Å². The van der Waals surface area contributed by atoms with Gasteiger partial charge in [0.25, 0.3) is 15.9 Å². The van der Waals surface area contributed by atoms with Crippen LogP contribution >= 0.6 is 27.3 Å². The summed E-state index contributed by atoms with van der Waals surface area (Å²) in [6.45, 7) is 4.54. The third-order valence-electron chi connectivity index (χ3n) is 3.83. The Balaban J connectivity index is 1.74. The van der Waals surface area contributed by atoms with Crippen LogP contribution < -0.4 is 14.8 Å². The second-order valence-electron chi connectivity index (χ2n) is 6.77. The van der Waals surface area contributed by atoms with Gasteiger partial charge in [-0.15, -0.1) is 11.3 Å². The number of amides is 1. The fraction of sp³-hybridized carbons (Fsp3) is 0.200. The maximum atomic E-state index is 12.8. The zero-order valence-corrected chi connectivity index (χ0v) is 19.5. The third kappa shape index (κ3) is 5.80. The van der Waals surface area contributed by atoms with Gasteiger partial charge in [-0.25, -0.2) is 13.4 Å². The molecule has 1 amide bonds. The SMILES string of the molecule is CC(C)COc1ccc(Br)cc1C(=O)Nc1ccc(S(=O)(=O)Nc2nccs2)cc1. The monoisotopic (exact) mass is 509 g/mol. The van der Waals surface area contributed by atoms with Gasteiger partial charge in [0.05, 0.1) is 17.1 Å². The molecule has 1 heterocycles. The number of nitrogens with one attached hydrogen (secondary N) is 2. The Labute approximate surface area is 187 Å². The highest BCUT2D eigenvalue weighted by molar-refractivity contribution is 9.10. The number of sulfonamides is 1. The largest absolute Gasteiger partial charge is 0.492 e. The average molecular weight is 510 g/mol. The molecule has 0 saturated carbocycles. The molecule has 0 radical (unpaired) electrons. The van der Waals surface area contributed by atoms with Crippen molar-refractivity contribution in [2.45, 2.75) is 18.7 Å². The van der Waals surface area contributed by atoms with Crippen LogP contribution in [0.2, 0.25) is 0 Å². The molecule has 2 aromatic carbocycles. The quantitative estimate of drug-likeness (QED) is 0.445. The molecule has 0 atom stereocenters. The van der Waals surface area contributed by atoms with Crippen molar-refractivity contribution in [3.63, 3.8) is 0 Å². The van der Waals surface area contributed by atoms with Crippen molar-refractivity contribution in [2.24, 2.45) is 5.92 Å². The summed E-state index contributed by atoms with van der Waals surface area (Å²) < 4.78 is 33.7. The molecule has 7 nitrogen and oxygen atoms in total. The summed E-state index contributed by atoms with van der Waals surface area (Å²) in [6.07, 6.45) is 1.52. The van der Waals surface area contributed by atoms with E-state index in [9.17, 15) is 13.2 Å². The van der Waals surface area contributed by atoms with E-state index in [4.69, 9.17) is 4.74 Å². The number of thiazole rings is 1. The summed E-state index contributed by atoms with van der Waals surface area (Å²) in [7, 11) is -3.75. The number of rotatable bonds is 8. The number of carbonyl (C=O) groups is 1. The molecule has 3 rings (SSSR count). The highest BCUT2D eigenvalue weighted by atomic mass is 79.9. The average Bonchev–Trinajstić information content (AvgIpc) is 3.19. The Morgan fingerprint density at radius 2 is 1.93 bits per heavy atom. The lowest BCUT2D eigenvalue weighted by Crippen LogP contribution is -2.16. The number of hydrogen-bond acceptors (Lipinski definition) is 6. The highest BCUT2D eigenvalue weighted by Crippen LogP contribution is 2.25. The van der Waals surface area contributed by atoms with E-state index in [1.54, 1.807) is 17.5 Å². The summed E-state index contributed by atoms with van der Waals surface area (Å²) >= 11 is 4.56. The van der Waals surface area contributed by atoms with Gasteiger partial charge in [-0.2, -0.15) is 0 Å². The van der Waals surface area contributed by atoms with Crippen LogP contribution in [0.1, 0.15) is 24.2 Å². The minimum absolute atomic E-state index is 0.0686. The van der Waals surface area contributed by atoms with E-state index in [1.165, 1.54) is 41.8 Å². The van der Waals surface area contributed by atoms with Crippen LogP contribution in [0, 0.1) is 5.92 Å². The third-order valence-corrected chi connectivity index (χ3v) is 6.50. The van der Waals surface area contributed by atoms with Crippen molar-refractivity contribution in [3.8, 4) is 5.75 Å². The number of halogens is 1. The zero-order valence-electron chi connectivity index (χ0n) is 16.3. The van der Waals surface area contributed by atoms with E-state index >= 15 is 0 Å². The van der Waals surface area contributed by atoms with Gasteiger partial charge in [0.2, 0.25) is 0 Å². The molecule has 2 N–H and O–H groups in total. The molecule has 0 aliphatic rings. The number of aromatic nitrogens is 1. The van der Waals surface area contributed by atoms with Crippen LogP contribution in [0.3, 0.4) is 0 Å². The smallest absolute Gasteiger partial charge is 0.263 e. The minimum Gasteiger partial charge on any atom is -0.492 e. The Hall–Kier alpha value is -2.43. The molecule has 1 aromatic heterocycles. The number of carbonyl (C=O) groups excluding carboxylic acids is 1. The molecule has 0 unspecified atom stereocenters. The highest BCUT2D eigenvalue weighted by Gasteiger charge is 2.17. The van der Waals surface area contributed by atoms with Crippen LogP contribution in [0.4, 0.5) is 10.8 Å². The lowest BCUT2D eigenvalue weighted by Gasteiger charge is -2.14. The molecule has 0 bridgehead atoms. The zero-order chi connectivity index (χ0) is 21.7. The van der Waals surface area contributed by atoms with Crippen LogP contribution in [0.15, 0.2) is 63.4 Å². The Morgan fingerprint density at radius 3 is 2.57 bits per heavy atom. The van der Waals surface area contributed by atoms with Crippen molar-refractivity contribution < 1.29 is 17.9 Å². The molecule has 158 valence electrons. The summed E-state index contributed by atoms with van der Waals surface area (Å²) in [4.78, 5) is 16.8. The van der Waals surface area contributed by atoms with Crippen molar-refractivity contribution in [3.05, 3.63) is 64.1 Å². The molecule has 3 aromatic rings. The number of benzene rings is 2. The van der Waals surface area contributed by atoms with Gasteiger partial charge < -0.3 is 10.1 Å². The number of nitrogens with zero attached hydrogens (tertiary/aromatic N) is 1. The van der Waals surface area contributed by atoms with E-state index in [0.717, 1.165) is 4.47 Å². The van der Waals surface area contributed by atoms with Crippen molar-refractivity contribution in [1.82, 2.24) is 4.98 Å². The molecule has 0 spiro atoms. The first-order chi connectivity index (χ1) is 14.2. The van der Waals surface area contributed by atoms with Crippen molar-refractivity contribution in [1.29, 1.82) is 0 Å².